The lowest BCUT2D eigenvalue weighted by molar-refractivity contribution is 0.573. The predicted octanol–water partition coefficient (Wildman–Crippen LogP) is -0.250. The normalized spacial score (nSPS) is 12.5. The van der Waals surface area contributed by atoms with Gasteiger partial charge in [-0.1, -0.05) is 11.6 Å². The summed E-state index contributed by atoms with van der Waals surface area (Å²) in [4.78, 5) is -0.101. The van der Waals surface area contributed by atoms with Crippen molar-refractivity contribution in [3.63, 3.8) is 0 Å². The van der Waals surface area contributed by atoms with Gasteiger partial charge in [0.05, 0.1) is 11.9 Å². The topological polar surface area (TPSA) is 118 Å². The Bertz CT molecular complexity index is 658. The number of hydrogen-bond acceptors (Lipinski definition) is 5. The molecule has 1 aromatic carbocycles. The third-order valence-corrected chi connectivity index (χ3v) is 4.54. The molecule has 0 aliphatic heterocycles. The quantitative estimate of drug-likeness (QED) is 0.492. The second-order valence-electron chi connectivity index (χ2n) is 3.75. The van der Waals surface area contributed by atoms with E-state index < -0.39 is 20.0 Å². The third-order valence-electron chi connectivity index (χ3n) is 2.04. The minimum atomic E-state index is -3.79. The van der Waals surface area contributed by atoms with Crippen LogP contribution in [0.3, 0.4) is 0 Å². The van der Waals surface area contributed by atoms with Crippen LogP contribution in [0.2, 0.25) is 5.02 Å². The Kier molecular flexibility index (Phi) is 5.16. The molecule has 0 saturated carbocycles. The summed E-state index contributed by atoms with van der Waals surface area (Å²) in [6.45, 7) is -0.136. The molecule has 19 heavy (non-hydrogen) atoms. The van der Waals surface area contributed by atoms with Gasteiger partial charge in [0.1, 0.15) is 4.90 Å². The van der Waals surface area contributed by atoms with Crippen LogP contribution in [0.25, 0.3) is 0 Å². The zero-order chi connectivity index (χ0) is 14.7. The maximum atomic E-state index is 11.9. The van der Waals surface area contributed by atoms with Gasteiger partial charge in [0.25, 0.3) is 0 Å². The Balaban J connectivity index is 2.71. The molecule has 0 aromatic heterocycles. The molecular weight excluding hydrogens is 314 g/mol. The molecule has 0 radical (unpaired) electrons. The highest BCUT2D eigenvalue weighted by atomic mass is 35.5. The van der Waals surface area contributed by atoms with E-state index >= 15 is 0 Å². The molecule has 0 amide bonds. The molecule has 0 aliphatic carbocycles. The van der Waals surface area contributed by atoms with Crippen molar-refractivity contribution in [2.45, 2.75) is 4.90 Å². The van der Waals surface area contributed by atoms with Gasteiger partial charge in [-0.25, -0.2) is 26.3 Å². The minimum Gasteiger partial charge on any atom is -0.398 e. The molecule has 0 atom stereocenters. The van der Waals surface area contributed by atoms with Crippen molar-refractivity contribution in [1.29, 1.82) is 0 Å². The summed E-state index contributed by atoms with van der Waals surface area (Å²) in [5.41, 5.74) is 5.59. The highest BCUT2D eigenvalue weighted by molar-refractivity contribution is 7.89. The zero-order valence-corrected chi connectivity index (χ0v) is 12.4. The lowest BCUT2D eigenvalue weighted by Gasteiger charge is -2.09. The van der Waals surface area contributed by atoms with Crippen molar-refractivity contribution in [3.05, 3.63) is 23.2 Å². The molecule has 0 unspecified atom stereocenters. The number of nitrogens with two attached hydrogens (primary N) is 1. The van der Waals surface area contributed by atoms with Crippen molar-refractivity contribution >= 4 is 37.3 Å². The van der Waals surface area contributed by atoms with E-state index in [4.69, 9.17) is 17.3 Å². The molecule has 1 aromatic rings. The molecule has 108 valence electrons. The first-order chi connectivity index (χ1) is 8.62. The summed E-state index contributed by atoms with van der Waals surface area (Å²) < 4.78 is 49.7. The van der Waals surface area contributed by atoms with Gasteiger partial charge in [-0.3, -0.25) is 0 Å². The molecule has 1 rings (SSSR count). The van der Waals surface area contributed by atoms with E-state index in [0.29, 0.717) is 5.02 Å². The van der Waals surface area contributed by atoms with Crippen LogP contribution < -0.4 is 15.2 Å². The standard InChI is InChI=1S/C9H14ClN3O4S2/c1-18(14,15)12-4-5-13-19(16,17)9-3-2-7(10)6-8(9)11/h2-3,6,12-13H,4-5,11H2,1H3. The number of nitrogens with one attached hydrogen (secondary N) is 2. The SMILES string of the molecule is CS(=O)(=O)NCCNS(=O)(=O)c1ccc(Cl)cc1N. The van der Waals surface area contributed by atoms with Gasteiger partial charge in [0.2, 0.25) is 20.0 Å². The van der Waals surface area contributed by atoms with Crippen LogP contribution in [0.4, 0.5) is 5.69 Å². The van der Waals surface area contributed by atoms with Crippen molar-refractivity contribution in [2.24, 2.45) is 0 Å². The van der Waals surface area contributed by atoms with E-state index in [2.05, 4.69) is 9.44 Å². The number of anilines is 1. The molecule has 0 fully saturated rings. The number of nitrogen functional groups attached to an aromatic ring is 1. The molecule has 0 heterocycles. The van der Waals surface area contributed by atoms with Gasteiger partial charge in [-0.05, 0) is 18.2 Å². The van der Waals surface area contributed by atoms with Gasteiger partial charge in [0, 0.05) is 18.1 Å². The summed E-state index contributed by atoms with van der Waals surface area (Å²) in [6, 6.07) is 4.01. The van der Waals surface area contributed by atoms with Gasteiger partial charge >= 0.3 is 0 Å². The highest BCUT2D eigenvalue weighted by Gasteiger charge is 2.17. The van der Waals surface area contributed by atoms with Crippen LogP contribution in [-0.4, -0.2) is 36.2 Å². The van der Waals surface area contributed by atoms with E-state index in [1.807, 2.05) is 0 Å². The number of rotatable bonds is 6. The molecule has 0 aliphatic rings. The Labute approximate surface area is 117 Å². The van der Waals surface area contributed by atoms with E-state index in [-0.39, 0.29) is 23.7 Å². The lowest BCUT2D eigenvalue weighted by atomic mass is 10.3. The molecule has 0 saturated heterocycles. The molecular formula is C9H14ClN3O4S2. The van der Waals surface area contributed by atoms with Gasteiger partial charge in [0.15, 0.2) is 0 Å². The number of sulfonamides is 2. The summed E-state index contributed by atoms with van der Waals surface area (Å²) in [7, 11) is -7.14. The number of halogens is 1. The molecule has 0 spiro atoms. The lowest BCUT2D eigenvalue weighted by Crippen LogP contribution is -2.34. The summed E-state index contributed by atoms with van der Waals surface area (Å²) >= 11 is 5.67. The first-order valence-electron chi connectivity index (χ1n) is 5.11. The van der Waals surface area contributed by atoms with E-state index in [1.165, 1.54) is 18.2 Å². The molecule has 7 nitrogen and oxygen atoms in total. The Morgan fingerprint density at radius 1 is 1.16 bits per heavy atom. The first kappa shape index (κ1) is 16.2. The van der Waals surface area contributed by atoms with Crippen molar-refractivity contribution < 1.29 is 16.8 Å². The van der Waals surface area contributed by atoms with Crippen LogP contribution in [0.1, 0.15) is 0 Å². The maximum absolute atomic E-state index is 11.9. The second-order valence-corrected chi connectivity index (χ2v) is 7.75. The Morgan fingerprint density at radius 3 is 2.26 bits per heavy atom. The van der Waals surface area contributed by atoms with Crippen LogP contribution in [0.15, 0.2) is 23.1 Å². The van der Waals surface area contributed by atoms with E-state index in [9.17, 15) is 16.8 Å². The first-order valence-corrected chi connectivity index (χ1v) is 8.86. The summed E-state index contributed by atoms with van der Waals surface area (Å²) in [6.07, 6.45) is 0.985. The predicted molar refractivity (Wildman–Crippen MR) is 73.9 cm³/mol. The van der Waals surface area contributed by atoms with Gasteiger partial charge < -0.3 is 5.73 Å². The third kappa shape index (κ3) is 5.33. The molecule has 10 heteroatoms. The largest absolute Gasteiger partial charge is 0.398 e. The molecule has 4 N–H and O–H groups in total. The molecule has 0 bridgehead atoms. The number of benzene rings is 1. The van der Waals surface area contributed by atoms with E-state index in [1.54, 1.807) is 0 Å². The monoisotopic (exact) mass is 327 g/mol. The van der Waals surface area contributed by atoms with Crippen molar-refractivity contribution in [3.8, 4) is 0 Å². The smallest absolute Gasteiger partial charge is 0.242 e. The average molecular weight is 328 g/mol. The average Bonchev–Trinajstić information content (AvgIpc) is 2.22. The fraction of sp³-hybridized carbons (Fsp3) is 0.333. The zero-order valence-electron chi connectivity index (χ0n) is 10.1. The maximum Gasteiger partial charge on any atom is 0.242 e. The fourth-order valence-electron chi connectivity index (χ4n) is 1.26. The minimum absolute atomic E-state index is 0.0241. The fourth-order valence-corrected chi connectivity index (χ4v) is 3.06. The van der Waals surface area contributed by atoms with Crippen molar-refractivity contribution in [1.82, 2.24) is 9.44 Å². The second kappa shape index (κ2) is 6.06. The van der Waals surface area contributed by atoms with Crippen LogP contribution in [-0.2, 0) is 20.0 Å². The Hall–Kier alpha value is -0.870. The van der Waals surface area contributed by atoms with Crippen LogP contribution in [0.5, 0.6) is 0 Å². The Morgan fingerprint density at radius 2 is 1.74 bits per heavy atom. The van der Waals surface area contributed by atoms with Crippen LogP contribution in [0, 0.1) is 0 Å². The van der Waals surface area contributed by atoms with Gasteiger partial charge in [-0.2, -0.15) is 0 Å². The number of hydrogen-bond donors (Lipinski definition) is 3. The van der Waals surface area contributed by atoms with Gasteiger partial charge in [-0.15, -0.1) is 0 Å². The van der Waals surface area contributed by atoms with Crippen molar-refractivity contribution in [2.75, 3.05) is 25.1 Å². The highest BCUT2D eigenvalue weighted by Crippen LogP contribution is 2.21. The summed E-state index contributed by atoms with van der Waals surface area (Å²) in [5, 5.41) is 0.329. The summed E-state index contributed by atoms with van der Waals surface area (Å²) in [5.74, 6) is 0. The van der Waals surface area contributed by atoms with Crippen LogP contribution >= 0.6 is 11.6 Å². The van der Waals surface area contributed by atoms with E-state index in [0.717, 1.165) is 6.26 Å².